The van der Waals surface area contributed by atoms with Crippen LogP contribution >= 0.6 is 0 Å². The van der Waals surface area contributed by atoms with Gasteiger partial charge in [0, 0.05) is 19.9 Å². The zero-order valence-corrected chi connectivity index (χ0v) is 15.2. The average molecular weight is 375 g/mol. The zero-order chi connectivity index (χ0) is 19.9. The van der Waals surface area contributed by atoms with Crippen molar-refractivity contribution >= 4 is 23.5 Å². The molecule has 0 N–H and O–H groups in total. The first-order valence-corrected chi connectivity index (χ1v) is 8.85. The molecule has 2 aliphatic heterocycles. The molecule has 2 heterocycles. The van der Waals surface area contributed by atoms with Crippen molar-refractivity contribution in [1.29, 1.82) is 5.26 Å². The zero-order valence-electron chi connectivity index (χ0n) is 15.2. The number of ether oxygens (including phenoxy) is 1. The van der Waals surface area contributed by atoms with Gasteiger partial charge >= 0.3 is 5.97 Å². The van der Waals surface area contributed by atoms with Gasteiger partial charge in [0.2, 0.25) is 11.6 Å². The number of benzene rings is 2. The quantitative estimate of drug-likeness (QED) is 0.767. The molecule has 0 bridgehead atoms. The molecule has 0 aromatic heterocycles. The Morgan fingerprint density at radius 1 is 1.18 bits per heavy atom. The van der Waals surface area contributed by atoms with Gasteiger partial charge in [-0.25, -0.2) is 4.79 Å². The number of esters is 1. The van der Waals surface area contributed by atoms with E-state index in [1.807, 2.05) is 6.07 Å². The summed E-state index contributed by atoms with van der Waals surface area (Å²) in [6, 6.07) is 15.5. The van der Waals surface area contributed by atoms with E-state index in [1.54, 1.807) is 48.5 Å². The van der Waals surface area contributed by atoms with Crippen molar-refractivity contribution in [1.82, 2.24) is 4.90 Å². The van der Waals surface area contributed by atoms with E-state index in [1.165, 1.54) is 16.8 Å². The van der Waals surface area contributed by atoms with Crippen LogP contribution in [0.15, 0.2) is 48.5 Å². The van der Waals surface area contributed by atoms with Crippen LogP contribution in [0, 0.1) is 11.3 Å². The minimum absolute atomic E-state index is 0.0159. The molecule has 28 heavy (non-hydrogen) atoms. The number of para-hydroxylation sites is 1. The van der Waals surface area contributed by atoms with Crippen molar-refractivity contribution in [2.45, 2.75) is 25.1 Å². The summed E-state index contributed by atoms with van der Waals surface area (Å²) < 4.78 is 5.52. The molecule has 0 spiro atoms. The monoisotopic (exact) mass is 375 g/mol. The number of hydrogen-bond acceptors (Lipinski definition) is 5. The van der Waals surface area contributed by atoms with E-state index >= 15 is 0 Å². The Bertz CT molecular complexity index is 1020. The Hall–Kier alpha value is -3.66. The Balaban J connectivity index is 1.66. The van der Waals surface area contributed by atoms with E-state index in [0.717, 1.165) is 0 Å². The molecule has 4 rings (SSSR count). The fourth-order valence-electron chi connectivity index (χ4n) is 3.83. The third-order valence-corrected chi connectivity index (χ3v) is 5.32. The van der Waals surface area contributed by atoms with Gasteiger partial charge in [-0.2, -0.15) is 5.26 Å². The number of likely N-dealkylation sites (N-methyl/N-ethyl adjacent to an activating group) is 1. The van der Waals surface area contributed by atoms with Gasteiger partial charge < -0.3 is 9.64 Å². The van der Waals surface area contributed by atoms with Gasteiger partial charge in [0.05, 0.1) is 22.9 Å². The van der Waals surface area contributed by atoms with Crippen LogP contribution in [0.25, 0.3) is 0 Å². The highest BCUT2D eigenvalue weighted by Crippen LogP contribution is 2.44. The lowest BCUT2D eigenvalue weighted by Gasteiger charge is -2.46. The van der Waals surface area contributed by atoms with Crippen LogP contribution < -0.4 is 4.90 Å². The molecular formula is C21H17N3O4. The van der Waals surface area contributed by atoms with Crippen molar-refractivity contribution in [2.75, 3.05) is 11.9 Å². The van der Waals surface area contributed by atoms with Crippen molar-refractivity contribution in [3.05, 3.63) is 65.2 Å². The summed E-state index contributed by atoms with van der Waals surface area (Å²) in [7, 11) is 1.52. The standard InChI is InChI=1S/C21H17N3O4/c1-23-19(26)16-4-2-3-5-17(16)24-18(25)10-11-21(23,24)20(27)28-13-15-8-6-14(12-22)7-9-15/h2-9H,10-11,13H2,1H3. The lowest BCUT2D eigenvalue weighted by atomic mass is 9.97. The highest BCUT2D eigenvalue weighted by Gasteiger charge is 2.60. The first-order valence-electron chi connectivity index (χ1n) is 8.85. The Kier molecular flexibility index (Phi) is 4.12. The fourth-order valence-corrected chi connectivity index (χ4v) is 3.83. The largest absolute Gasteiger partial charge is 0.458 e. The maximum absolute atomic E-state index is 13.1. The van der Waals surface area contributed by atoms with E-state index in [2.05, 4.69) is 0 Å². The molecule has 1 atom stereocenters. The number of anilines is 1. The summed E-state index contributed by atoms with van der Waals surface area (Å²) in [6.45, 7) is -0.0159. The summed E-state index contributed by atoms with van der Waals surface area (Å²) in [5.41, 5.74) is 0.564. The average Bonchev–Trinajstić information content (AvgIpc) is 3.09. The van der Waals surface area contributed by atoms with Crippen LogP contribution in [0.5, 0.6) is 0 Å². The normalized spacial score (nSPS) is 20.4. The topological polar surface area (TPSA) is 90.7 Å². The first kappa shape index (κ1) is 17.7. The number of fused-ring (bicyclic) bond motifs is 3. The van der Waals surface area contributed by atoms with Crippen LogP contribution in [0.4, 0.5) is 5.69 Å². The molecule has 0 aliphatic carbocycles. The first-order chi connectivity index (χ1) is 13.5. The number of nitrogens with zero attached hydrogens (tertiary/aromatic N) is 3. The van der Waals surface area contributed by atoms with Crippen LogP contribution in [0.3, 0.4) is 0 Å². The number of nitriles is 1. The fraction of sp³-hybridized carbons (Fsp3) is 0.238. The molecule has 0 saturated carbocycles. The van der Waals surface area contributed by atoms with Gasteiger partial charge in [-0.1, -0.05) is 24.3 Å². The van der Waals surface area contributed by atoms with Gasteiger partial charge in [0.1, 0.15) is 6.61 Å². The number of carbonyl (C=O) groups is 3. The van der Waals surface area contributed by atoms with E-state index in [-0.39, 0.29) is 31.3 Å². The molecule has 1 fully saturated rings. The van der Waals surface area contributed by atoms with Crippen LogP contribution in [-0.4, -0.2) is 35.4 Å². The summed E-state index contributed by atoms with van der Waals surface area (Å²) in [4.78, 5) is 41.3. The lowest BCUT2D eigenvalue weighted by Crippen LogP contribution is -2.67. The second kappa shape index (κ2) is 6.50. The molecule has 2 amide bonds. The highest BCUT2D eigenvalue weighted by atomic mass is 16.5. The summed E-state index contributed by atoms with van der Waals surface area (Å²) in [5, 5.41) is 8.87. The van der Waals surface area contributed by atoms with Crippen LogP contribution in [0.1, 0.15) is 34.3 Å². The van der Waals surface area contributed by atoms with E-state index in [0.29, 0.717) is 22.4 Å². The van der Waals surface area contributed by atoms with Crippen molar-refractivity contribution in [3.63, 3.8) is 0 Å². The maximum Gasteiger partial charge on any atom is 0.354 e. The van der Waals surface area contributed by atoms with Gasteiger partial charge in [-0.05, 0) is 29.8 Å². The molecule has 7 nitrogen and oxygen atoms in total. The Labute approximate surface area is 161 Å². The molecule has 1 unspecified atom stereocenters. The SMILES string of the molecule is CN1C(=O)c2ccccc2N2C(=O)CCC12C(=O)OCc1ccc(C#N)cc1. The molecule has 2 aromatic carbocycles. The number of carbonyl (C=O) groups excluding carboxylic acids is 3. The Morgan fingerprint density at radius 3 is 2.61 bits per heavy atom. The third-order valence-electron chi connectivity index (χ3n) is 5.32. The number of amides is 2. The van der Waals surface area contributed by atoms with Crippen LogP contribution in [-0.2, 0) is 20.9 Å². The van der Waals surface area contributed by atoms with E-state index in [9.17, 15) is 14.4 Å². The van der Waals surface area contributed by atoms with Gasteiger partial charge in [-0.15, -0.1) is 0 Å². The second-order valence-electron chi connectivity index (χ2n) is 6.81. The van der Waals surface area contributed by atoms with Crippen molar-refractivity contribution in [2.24, 2.45) is 0 Å². The van der Waals surface area contributed by atoms with E-state index < -0.39 is 11.6 Å². The number of hydrogen-bond donors (Lipinski definition) is 0. The third kappa shape index (κ3) is 2.46. The van der Waals surface area contributed by atoms with Gasteiger partial charge in [-0.3, -0.25) is 14.5 Å². The second-order valence-corrected chi connectivity index (χ2v) is 6.81. The molecule has 2 aromatic rings. The maximum atomic E-state index is 13.1. The van der Waals surface area contributed by atoms with Crippen LogP contribution in [0.2, 0.25) is 0 Å². The summed E-state index contributed by atoms with van der Waals surface area (Å²) in [5.74, 6) is -1.19. The molecule has 2 aliphatic rings. The predicted octanol–water partition coefficient (Wildman–Crippen LogP) is 2.21. The van der Waals surface area contributed by atoms with Gasteiger partial charge in [0.25, 0.3) is 5.91 Å². The van der Waals surface area contributed by atoms with E-state index in [4.69, 9.17) is 10.00 Å². The number of rotatable bonds is 3. The highest BCUT2D eigenvalue weighted by molar-refractivity contribution is 6.15. The molecule has 140 valence electrons. The smallest absolute Gasteiger partial charge is 0.354 e. The molecule has 1 saturated heterocycles. The van der Waals surface area contributed by atoms with Crippen molar-refractivity contribution < 1.29 is 19.1 Å². The summed E-state index contributed by atoms with van der Waals surface area (Å²) >= 11 is 0. The molecule has 0 radical (unpaired) electrons. The molecular weight excluding hydrogens is 358 g/mol. The predicted molar refractivity (Wildman–Crippen MR) is 98.9 cm³/mol. The Morgan fingerprint density at radius 2 is 1.89 bits per heavy atom. The lowest BCUT2D eigenvalue weighted by molar-refractivity contribution is -0.157. The minimum atomic E-state index is -1.48. The molecule has 7 heteroatoms. The van der Waals surface area contributed by atoms with Crippen molar-refractivity contribution in [3.8, 4) is 6.07 Å². The minimum Gasteiger partial charge on any atom is -0.458 e. The summed E-state index contributed by atoms with van der Waals surface area (Å²) in [6.07, 6.45) is 0.326. The van der Waals surface area contributed by atoms with Gasteiger partial charge in [0.15, 0.2) is 0 Å².